The van der Waals surface area contributed by atoms with Crippen LogP contribution in [0.2, 0.25) is 0 Å². The van der Waals surface area contributed by atoms with E-state index in [-0.39, 0.29) is 11.8 Å². The van der Waals surface area contributed by atoms with Crippen molar-refractivity contribution >= 4 is 17.6 Å². The lowest BCUT2D eigenvalue weighted by Crippen LogP contribution is -2.14. The van der Waals surface area contributed by atoms with Gasteiger partial charge in [0.1, 0.15) is 0 Å². The second-order valence-corrected chi connectivity index (χ2v) is 5.38. The number of rotatable bonds is 5. The molecule has 5 nitrogen and oxygen atoms in total. The number of ether oxygens (including phenoxy) is 2. The van der Waals surface area contributed by atoms with E-state index in [0.717, 1.165) is 12.8 Å². The Morgan fingerprint density at radius 1 is 1.04 bits per heavy atom. The Bertz CT molecular complexity index is 737. The molecule has 0 spiro atoms. The summed E-state index contributed by atoms with van der Waals surface area (Å²) in [5, 5.41) is 2.81. The Morgan fingerprint density at radius 2 is 1.78 bits per heavy atom. The van der Waals surface area contributed by atoms with E-state index < -0.39 is 5.97 Å². The topological polar surface area (TPSA) is 64.6 Å². The molecular weight excluding hydrogens is 294 g/mol. The van der Waals surface area contributed by atoms with Crippen molar-refractivity contribution in [3.05, 3.63) is 54.1 Å². The first-order valence-corrected chi connectivity index (χ1v) is 7.43. The van der Waals surface area contributed by atoms with Gasteiger partial charge in [-0.15, -0.1) is 0 Å². The largest absolute Gasteiger partial charge is 0.493 e. The Morgan fingerprint density at radius 3 is 2.48 bits per heavy atom. The van der Waals surface area contributed by atoms with E-state index in [1.807, 2.05) is 0 Å². The molecule has 2 aromatic rings. The summed E-state index contributed by atoms with van der Waals surface area (Å²) < 4.78 is 10.5. The van der Waals surface area contributed by atoms with Gasteiger partial charge in [0.25, 0.3) is 0 Å². The molecule has 0 heterocycles. The van der Waals surface area contributed by atoms with E-state index in [2.05, 4.69) is 5.32 Å². The molecule has 5 heteroatoms. The maximum atomic E-state index is 12.3. The molecule has 1 N–H and O–H groups in total. The molecule has 1 aliphatic carbocycles. The van der Waals surface area contributed by atoms with Crippen molar-refractivity contribution < 1.29 is 19.1 Å². The van der Waals surface area contributed by atoms with E-state index in [1.165, 1.54) is 7.11 Å². The summed E-state index contributed by atoms with van der Waals surface area (Å²) in [5.41, 5.74) is 0.959. The lowest BCUT2D eigenvalue weighted by molar-refractivity contribution is -0.117. The van der Waals surface area contributed by atoms with Crippen molar-refractivity contribution in [2.24, 2.45) is 5.92 Å². The third kappa shape index (κ3) is 3.69. The number of amides is 1. The van der Waals surface area contributed by atoms with Gasteiger partial charge in [0, 0.05) is 11.6 Å². The zero-order chi connectivity index (χ0) is 16.2. The number of carbonyl (C=O) groups excluding carboxylic acids is 2. The Balaban J connectivity index is 1.73. The number of nitrogens with one attached hydrogen (secondary N) is 1. The second-order valence-electron chi connectivity index (χ2n) is 5.38. The molecule has 1 aliphatic rings. The number of hydrogen-bond donors (Lipinski definition) is 1. The van der Waals surface area contributed by atoms with Crippen LogP contribution < -0.4 is 14.8 Å². The van der Waals surface area contributed by atoms with Crippen molar-refractivity contribution in [1.82, 2.24) is 0 Å². The molecule has 23 heavy (non-hydrogen) atoms. The Kier molecular flexibility index (Phi) is 4.28. The highest BCUT2D eigenvalue weighted by molar-refractivity contribution is 5.97. The fourth-order valence-electron chi connectivity index (χ4n) is 2.18. The molecule has 0 radical (unpaired) electrons. The van der Waals surface area contributed by atoms with Crippen molar-refractivity contribution in [1.29, 1.82) is 0 Å². The maximum absolute atomic E-state index is 12.3. The smallest absolute Gasteiger partial charge is 0.343 e. The van der Waals surface area contributed by atoms with Gasteiger partial charge in [0.2, 0.25) is 5.91 Å². The predicted octanol–water partition coefficient (Wildman–Crippen LogP) is 3.26. The van der Waals surface area contributed by atoms with Crippen LogP contribution in [0, 0.1) is 5.92 Å². The Labute approximate surface area is 134 Å². The first-order chi connectivity index (χ1) is 11.2. The summed E-state index contributed by atoms with van der Waals surface area (Å²) in [5.74, 6) is 0.447. The highest BCUT2D eigenvalue weighted by atomic mass is 16.6. The van der Waals surface area contributed by atoms with Gasteiger partial charge >= 0.3 is 5.97 Å². The SMILES string of the molecule is COc1ccccc1OC(=O)c1cccc(NC(=O)C2CC2)c1. The highest BCUT2D eigenvalue weighted by Crippen LogP contribution is 2.30. The van der Waals surface area contributed by atoms with Crippen molar-refractivity contribution in [3.8, 4) is 11.5 Å². The third-order valence-corrected chi connectivity index (χ3v) is 3.59. The maximum Gasteiger partial charge on any atom is 0.343 e. The van der Waals surface area contributed by atoms with Crippen LogP contribution in [0.4, 0.5) is 5.69 Å². The lowest BCUT2D eigenvalue weighted by atomic mass is 10.2. The second kappa shape index (κ2) is 6.52. The highest BCUT2D eigenvalue weighted by Gasteiger charge is 2.29. The van der Waals surface area contributed by atoms with Crippen molar-refractivity contribution in [3.63, 3.8) is 0 Å². The summed E-state index contributed by atoms with van der Waals surface area (Å²) in [6.45, 7) is 0. The molecule has 1 amide bonds. The third-order valence-electron chi connectivity index (χ3n) is 3.59. The molecule has 0 atom stereocenters. The average Bonchev–Trinajstić information content (AvgIpc) is 3.40. The standard InChI is InChI=1S/C18H17NO4/c1-22-15-7-2-3-8-16(15)23-18(21)13-5-4-6-14(11-13)19-17(20)12-9-10-12/h2-8,11-12H,9-10H2,1H3,(H,19,20). The monoisotopic (exact) mass is 311 g/mol. The van der Waals surface area contributed by atoms with Gasteiger partial charge < -0.3 is 14.8 Å². The number of anilines is 1. The van der Waals surface area contributed by atoms with E-state index in [1.54, 1.807) is 48.5 Å². The zero-order valence-corrected chi connectivity index (χ0v) is 12.7. The normalized spacial score (nSPS) is 13.3. The molecule has 0 aromatic heterocycles. The van der Waals surface area contributed by atoms with Crippen LogP contribution in [-0.2, 0) is 4.79 Å². The minimum absolute atomic E-state index is 0.000228. The van der Waals surface area contributed by atoms with E-state index >= 15 is 0 Å². The number of carbonyl (C=O) groups is 2. The lowest BCUT2D eigenvalue weighted by Gasteiger charge is -2.10. The molecular formula is C18H17NO4. The molecule has 0 bridgehead atoms. The van der Waals surface area contributed by atoms with E-state index in [9.17, 15) is 9.59 Å². The number of hydrogen-bond acceptors (Lipinski definition) is 4. The van der Waals surface area contributed by atoms with Crippen LogP contribution in [0.15, 0.2) is 48.5 Å². The van der Waals surface area contributed by atoms with Crippen molar-refractivity contribution in [2.45, 2.75) is 12.8 Å². The molecule has 2 aromatic carbocycles. The molecule has 3 rings (SSSR count). The fraction of sp³-hybridized carbons (Fsp3) is 0.222. The van der Waals surface area contributed by atoms with Gasteiger partial charge in [-0.3, -0.25) is 4.79 Å². The summed E-state index contributed by atoms with van der Waals surface area (Å²) in [6.07, 6.45) is 1.86. The predicted molar refractivity (Wildman–Crippen MR) is 85.7 cm³/mol. The molecule has 0 saturated heterocycles. The number of esters is 1. The summed E-state index contributed by atoms with van der Waals surface area (Å²) >= 11 is 0. The quantitative estimate of drug-likeness (QED) is 0.680. The summed E-state index contributed by atoms with van der Waals surface area (Å²) in [6, 6.07) is 13.6. The summed E-state index contributed by atoms with van der Waals surface area (Å²) in [7, 11) is 1.51. The first-order valence-electron chi connectivity index (χ1n) is 7.43. The Hall–Kier alpha value is -2.82. The van der Waals surface area contributed by atoms with Crippen LogP contribution >= 0.6 is 0 Å². The van der Waals surface area contributed by atoms with Gasteiger partial charge in [0.05, 0.1) is 12.7 Å². The minimum Gasteiger partial charge on any atom is -0.493 e. The van der Waals surface area contributed by atoms with Gasteiger partial charge in [0.15, 0.2) is 11.5 Å². The molecule has 0 unspecified atom stereocenters. The first kappa shape index (κ1) is 15.1. The zero-order valence-electron chi connectivity index (χ0n) is 12.7. The molecule has 1 fully saturated rings. The van der Waals surface area contributed by atoms with Crippen LogP contribution in [0.3, 0.4) is 0 Å². The van der Waals surface area contributed by atoms with Crippen molar-refractivity contribution in [2.75, 3.05) is 12.4 Å². The van der Waals surface area contributed by atoms with E-state index in [4.69, 9.17) is 9.47 Å². The number of methoxy groups -OCH3 is 1. The summed E-state index contributed by atoms with van der Waals surface area (Å²) in [4.78, 5) is 24.1. The van der Waals surface area contributed by atoms with E-state index in [0.29, 0.717) is 22.7 Å². The van der Waals surface area contributed by atoms with Crippen LogP contribution in [-0.4, -0.2) is 19.0 Å². The van der Waals surface area contributed by atoms with Gasteiger partial charge in [-0.2, -0.15) is 0 Å². The number of benzene rings is 2. The minimum atomic E-state index is -0.503. The van der Waals surface area contributed by atoms with Crippen LogP contribution in [0.5, 0.6) is 11.5 Å². The van der Waals surface area contributed by atoms with Gasteiger partial charge in [-0.1, -0.05) is 18.2 Å². The fourth-order valence-corrected chi connectivity index (χ4v) is 2.18. The number of para-hydroxylation sites is 2. The van der Waals surface area contributed by atoms with Crippen LogP contribution in [0.25, 0.3) is 0 Å². The molecule has 118 valence electrons. The van der Waals surface area contributed by atoms with Gasteiger partial charge in [-0.05, 0) is 43.2 Å². The molecule has 1 saturated carbocycles. The molecule has 0 aliphatic heterocycles. The average molecular weight is 311 g/mol. The van der Waals surface area contributed by atoms with Gasteiger partial charge in [-0.25, -0.2) is 4.79 Å². The van der Waals surface area contributed by atoms with Crippen LogP contribution in [0.1, 0.15) is 23.2 Å².